The summed E-state index contributed by atoms with van der Waals surface area (Å²) in [5, 5.41) is 1.06. The summed E-state index contributed by atoms with van der Waals surface area (Å²) in [6.45, 7) is 4.00. The minimum Gasteiger partial charge on any atom is -0.469 e. The zero-order chi connectivity index (χ0) is 20.7. The Kier molecular flexibility index (Phi) is 4.32. The molecule has 0 radical (unpaired) electrons. The smallest absolute Gasteiger partial charge is 0.311 e. The molecule has 4 aliphatic carbocycles. The van der Waals surface area contributed by atoms with Gasteiger partial charge in [-0.25, -0.2) is 0 Å². The Labute approximate surface area is 181 Å². The molecule has 6 atom stereocenters. The van der Waals surface area contributed by atoms with E-state index in [1.54, 1.807) is 6.07 Å². The molecule has 1 saturated heterocycles. The van der Waals surface area contributed by atoms with E-state index >= 15 is 0 Å². The third kappa shape index (κ3) is 2.57. The number of rotatable bonds is 3. The summed E-state index contributed by atoms with van der Waals surface area (Å²) in [5.74, 6) is 1.39. The van der Waals surface area contributed by atoms with E-state index in [0.717, 1.165) is 37.7 Å². The van der Waals surface area contributed by atoms with Crippen LogP contribution in [0.5, 0.6) is 0 Å². The second-order valence-corrected chi connectivity index (χ2v) is 11.0. The van der Waals surface area contributed by atoms with Gasteiger partial charge in [0, 0.05) is 6.04 Å². The van der Waals surface area contributed by atoms with Crippen LogP contribution in [0.3, 0.4) is 0 Å². The molecule has 6 heteroatoms. The van der Waals surface area contributed by atoms with Crippen LogP contribution in [0.4, 0.5) is 0 Å². The summed E-state index contributed by atoms with van der Waals surface area (Å²) < 4.78 is 5.19. The fraction of sp³-hybridized carbons (Fsp3) is 0.652. The Hall–Kier alpha value is -1.26. The number of likely N-dealkylation sites (tertiary alicyclic amines) is 1. The van der Waals surface area contributed by atoms with E-state index in [9.17, 15) is 9.59 Å². The van der Waals surface area contributed by atoms with E-state index in [0.29, 0.717) is 27.8 Å². The molecule has 4 saturated carbocycles. The highest BCUT2D eigenvalue weighted by Crippen LogP contribution is 2.65. The van der Waals surface area contributed by atoms with Gasteiger partial charge in [-0.15, -0.1) is 0 Å². The largest absolute Gasteiger partial charge is 0.469 e. The molecule has 6 rings (SSSR count). The molecule has 1 aromatic carbocycles. The summed E-state index contributed by atoms with van der Waals surface area (Å²) in [7, 11) is 1.50. The number of ether oxygens (including phenoxy) is 1. The zero-order valence-electron chi connectivity index (χ0n) is 17.1. The number of β-lactam (4-membered cyclic amide) rings is 1. The minimum atomic E-state index is -0.511. The van der Waals surface area contributed by atoms with Crippen molar-refractivity contribution >= 4 is 35.1 Å². The lowest BCUT2D eigenvalue weighted by atomic mass is 9.47. The molecule has 29 heavy (non-hydrogen) atoms. The fourth-order valence-corrected chi connectivity index (χ4v) is 7.76. The van der Waals surface area contributed by atoms with Crippen molar-refractivity contribution in [3.8, 4) is 0 Å². The summed E-state index contributed by atoms with van der Waals surface area (Å²) in [6, 6.07) is 5.77. The first-order valence-corrected chi connectivity index (χ1v) is 11.3. The van der Waals surface area contributed by atoms with Crippen molar-refractivity contribution in [2.75, 3.05) is 7.11 Å². The highest BCUT2D eigenvalue weighted by atomic mass is 35.5. The van der Waals surface area contributed by atoms with Gasteiger partial charge in [0.05, 0.1) is 34.0 Å². The van der Waals surface area contributed by atoms with E-state index < -0.39 is 5.41 Å². The first-order chi connectivity index (χ1) is 13.7. The average Bonchev–Trinajstić information content (AvgIpc) is 2.68. The van der Waals surface area contributed by atoms with Gasteiger partial charge < -0.3 is 9.64 Å². The molecule has 5 fully saturated rings. The van der Waals surface area contributed by atoms with Gasteiger partial charge in [0.1, 0.15) is 0 Å². The highest BCUT2D eigenvalue weighted by Gasteiger charge is 2.66. The molecular formula is C23H27Cl2NO3. The lowest BCUT2D eigenvalue weighted by molar-refractivity contribution is -0.203. The Morgan fingerprint density at radius 1 is 1.14 bits per heavy atom. The van der Waals surface area contributed by atoms with Crippen LogP contribution in [-0.4, -0.2) is 29.9 Å². The minimum absolute atomic E-state index is 0.0555. The van der Waals surface area contributed by atoms with Crippen LogP contribution >= 0.6 is 23.2 Å². The van der Waals surface area contributed by atoms with Crippen molar-refractivity contribution in [2.45, 2.75) is 58.0 Å². The Balaban J connectivity index is 1.52. The maximum absolute atomic E-state index is 13.3. The predicted molar refractivity (Wildman–Crippen MR) is 112 cm³/mol. The summed E-state index contributed by atoms with van der Waals surface area (Å²) in [6.07, 6.45) is 4.80. The molecule has 5 aliphatic rings. The molecule has 5 unspecified atom stereocenters. The lowest BCUT2D eigenvalue weighted by Gasteiger charge is -2.66. The molecular weight excluding hydrogens is 409 g/mol. The van der Waals surface area contributed by atoms with E-state index in [-0.39, 0.29) is 29.4 Å². The number of halogens is 2. The topological polar surface area (TPSA) is 46.6 Å². The standard InChI is InChI=1S/C23H27Cl2NO3/c1-22(2)19(15-5-4-6-16(24)17(15)25)26(20(22)27)18-13-7-12-8-14(18)11-23(9-12,10-13)21(28)29-3/h4-6,12-14,18-19H,7-11H2,1-3H3/t12?,13-,14?,18?,19?,23?/m0/s1. The van der Waals surface area contributed by atoms with Gasteiger partial charge in [-0.05, 0) is 75.3 Å². The number of methoxy groups -OCH3 is 1. The van der Waals surface area contributed by atoms with E-state index in [4.69, 9.17) is 27.9 Å². The Morgan fingerprint density at radius 3 is 2.41 bits per heavy atom. The van der Waals surface area contributed by atoms with Gasteiger partial charge in [-0.2, -0.15) is 0 Å². The molecule has 0 spiro atoms. The van der Waals surface area contributed by atoms with Crippen LogP contribution < -0.4 is 0 Å². The van der Waals surface area contributed by atoms with E-state index in [1.165, 1.54) is 7.11 Å². The van der Waals surface area contributed by atoms with Gasteiger partial charge >= 0.3 is 5.97 Å². The maximum atomic E-state index is 13.3. The fourth-order valence-electron chi connectivity index (χ4n) is 7.34. The third-order valence-electron chi connectivity index (χ3n) is 8.19. The number of amides is 1. The second kappa shape index (κ2) is 6.37. The molecule has 0 aromatic heterocycles. The number of carbonyl (C=O) groups is 2. The molecule has 4 nitrogen and oxygen atoms in total. The van der Waals surface area contributed by atoms with Gasteiger partial charge in [0.2, 0.25) is 5.91 Å². The van der Waals surface area contributed by atoms with E-state index in [2.05, 4.69) is 4.90 Å². The molecule has 1 aromatic rings. The normalized spacial score (nSPS) is 39.4. The van der Waals surface area contributed by atoms with Gasteiger partial charge in [-0.3, -0.25) is 9.59 Å². The van der Waals surface area contributed by atoms with Crippen molar-refractivity contribution in [2.24, 2.45) is 28.6 Å². The van der Waals surface area contributed by atoms with Crippen molar-refractivity contribution in [1.29, 1.82) is 0 Å². The van der Waals surface area contributed by atoms with Crippen LogP contribution in [0.1, 0.15) is 57.6 Å². The van der Waals surface area contributed by atoms with Crippen LogP contribution in [0.2, 0.25) is 10.0 Å². The molecule has 1 amide bonds. The van der Waals surface area contributed by atoms with Gasteiger partial charge in [0.15, 0.2) is 0 Å². The highest BCUT2D eigenvalue weighted by molar-refractivity contribution is 6.42. The molecule has 4 bridgehead atoms. The van der Waals surface area contributed by atoms with Crippen LogP contribution in [0.25, 0.3) is 0 Å². The number of hydrogen-bond acceptors (Lipinski definition) is 3. The molecule has 156 valence electrons. The Bertz CT molecular complexity index is 882. The first kappa shape index (κ1) is 19.7. The van der Waals surface area contributed by atoms with E-state index in [1.807, 2.05) is 26.0 Å². The maximum Gasteiger partial charge on any atom is 0.311 e. The number of benzene rings is 1. The number of esters is 1. The van der Waals surface area contributed by atoms with Crippen LogP contribution in [-0.2, 0) is 14.3 Å². The zero-order valence-corrected chi connectivity index (χ0v) is 18.6. The van der Waals surface area contributed by atoms with Crippen molar-refractivity contribution in [3.63, 3.8) is 0 Å². The third-order valence-corrected chi connectivity index (χ3v) is 9.02. The van der Waals surface area contributed by atoms with Gasteiger partial charge in [0.25, 0.3) is 0 Å². The first-order valence-electron chi connectivity index (χ1n) is 10.5. The van der Waals surface area contributed by atoms with Crippen molar-refractivity contribution < 1.29 is 14.3 Å². The van der Waals surface area contributed by atoms with Crippen molar-refractivity contribution in [3.05, 3.63) is 33.8 Å². The predicted octanol–water partition coefficient (Wildman–Crippen LogP) is 5.27. The van der Waals surface area contributed by atoms with Crippen LogP contribution in [0, 0.1) is 28.6 Å². The van der Waals surface area contributed by atoms with Crippen LogP contribution in [0.15, 0.2) is 18.2 Å². The number of hydrogen-bond donors (Lipinski definition) is 0. The molecule has 0 N–H and O–H groups in total. The molecule has 1 heterocycles. The Morgan fingerprint density at radius 2 is 1.79 bits per heavy atom. The number of nitrogens with zero attached hydrogens (tertiary/aromatic N) is 1. The lowest BCUT2D eigenvalue weighted by Crippen LogP contribution is -2.70. The quantitative estimate of drug-likeness (QED) is 0.479. The monoisotopic (exact) mass is 435 g/mol. The number of carbonyl (C=O) groups excluding carboxylic acids is 2. The summed E-state index contributed by atoms with van der Waals surface area (Å²) >= 11 is 12.9. The van der Waals surface area contributed by atoms with Crippen molar-refractivity contribution in [1.82, 2.24) is 4.90 Å². The molecule has 1 aliphatic heterocycles. The average molecular weight is 436 g/mol. The van der Waals surface area contributed by atoms with Gasteiger partial charge in [-0.1, -0.05) is 35.3 Å². The second-order valence-electron chi connectivity index (χ2n) is 10.2. The summed E-state index contributed by atoms with van der Waals surface area (Å²) in [5.41, 5.74) is 0.0810. The SMILES string of the molecule is COC(=O)C12CC3CC(C1)C(N1C(=O)C(C)(C)C1c1cccc(Cl)c1Cl)[C@@H](C3)C2. The summed E-state index contributed by atoms with van der Waals surface area (Å²) in [4.78, 5) is 28.0.